The second-order valence-corrected chi connectivity index (χ2v) is 4.62. The Morgan fingerprint density at radius 3 is 1.92 bits per heavy atom. The van der Waals surface area contributed by atoms with Gasteiger partial charge in [0.05, 0.1) is 0 Å². The highest BCUT2D eigenvalue weighted by Gasteiger charge is 2.02. The molecule has 0 nitrogen and oxygen atoms in total. The van der Waals surface area contributed by atoms with Gasteiger partial charge < -0.3 is 0 Å². The average Bonchev–Trinajstić information content (AvgIpc) is 2.00. The van der Waals surface area contributed by atoms with E-state index in [0.717, 1.165) is 5.92 Å². The van der Waals surface area contributed by atoms with Crippen LogP contribution in [0, 0.1) is 17.8 Å². The van der Waals surface area contributed by atoms with E-state index >= 15 is 0 Å². The van der Waals surface area contributed by atoms with Crippen molar-refractivity contribution in [3.8, 4) is 0 Å². The summed E-state index contributed by atoms with van der Waals surface area (Å²) in [5, 5.41) is 0. The average molecular weight is 180 g/mol. The lowest BCUT2D eigenvalue weighted by molar-refractivity contribution is 0.502. The Hall–Kier alpha value is -0.520. The minimum Gasteiger partial charge on any atom is -0.0817 e. The molecule has 1 unspecified atom stereocenters. The van der Waals surface area contributed by atoms with E-state index in [1.807, 2.05) is 0 Å². The predicted octanol–water partition coefficient (Wildman–Crippen LogP) is 4.44. The van der Waals surface area contributed by atoms with Crippen LogP contribution >= 0.6 is 0 Å². The van der Waals surface area contributed by atoms with Gasteiger partial charge in [0.1, 0.15) is 0 Å². The fourth-order valence-corrected chi connectivity index (χ4v) is 1.01. The Morgan fingerprint density at radius 2 is 1.54 bits per heavy atom. The summed E-state index contributed by atoms with van der Waals surface area (Å²) in [5.41, 5.74) is 1.38. The summed E-state index contributed by atoms with van der Waals surface area (Å²) in [4.78, 5) is 0. The van der Waals surface area contributed by atoms with Gasteiger partial charge >= 0.3 is 0 Å². The summed E-state index contributed by atoms with van der Waals surface area (Å²) in [7, 11) is 0. The van der Waals surface area contributed by atoms with Gasteiger partial charge in [0.25, 0.3) is 0 Å². The van der Waals surface area contributed by atoms with E-state index in [0.29, 0.717) is 11.8 Å². The molecule has 0 bridgehead atoms. The molecule has 0 aromatic carbocycles. The SMILES string of the molecule is CC(/C=C/C(C)C)=C\C(C)C(C)C. The smallest absolute Gasteiger partial charge is 0.0233 e. The number of hydrogen-bond donors (Lipinski definition) is 0. The van der Waals surface area contributed by atoms with E-state index in [1.165, 1.54) is 5.57 Å². The third kappa shape index (κ3) is 6.62. The summed E-state index contributed by atoms with van der Waals surface area (Å²) >= 11 is 0. The number of allylic oxidation sites excluding steroid dienone is 4. The van der Waals surface area contributed by atoms with E-state index < -0.39 is 0 Å². The highest BCUT2D eigenvalue weighted by Crippen LogP contribution is 2.14. The number of rotatable bonds is 4. The summed E-state index contributed by atoms with van der Waals surface area (Å²) in [5.74, 6) is 2.07. The Labute approximate surface area is 83.7 Å². The maximum atomic E-state index is 2.35. The van der Waals surface area contributed by atoms with Crippen molar-refractivity contribution < 1.29 is 0 Å². The predicted molar refractivity (Wildman–Crippen MR) is 61.7 cm³/mol. The summed E-state index contributed by atoms with van der Waals surface area (Å²) < 4.78 is 0. The third-order valence-corrected chi connectivity index (χ3v) is 2.32. The maximum Gasteiger partial charge on any atom is -0.0233 e. The van der Waals surface area contributed by atoms with Crippen LogP contribution in [0.2, 0.25) is 0 Å². The summed E-state index contributed by atoms with van der Waals surface area (Å²) in [6.45, 7) is 13.4. The molecule has 0 heteroatoms. The molecule has 0 fully saturated rings. The van der Waals surface area contributed by atoms with Crippen LogP contribution in [0.25, 0.3) is 0 Å². The van der Waals surface area contributed by atoms with E-state index in [4.69, 9.17) is 0 Å². The second kappa shape index (κ2) is 6.01. The highest BCUT2D eigenvalue weighted by molar-refractivity contribution is 5.17. The molecule has 0 aromatic heterocycles. The zero-order valence-electron chi connectivity index (χ0n) is 9.96. The van der Waals surface area contributed by atoms with E-state index in [1.54, 1.807) is 0 Å². The standard InChI is InChI=1S/C13H24/c1-10(2)7-8-12(5)9-13(6)11(3)4/h7-11,13H,1-6H3/b8-7+,12-9+. The summed E-state index contributed by atoms with van der Waals surface area (Å²) in [6.07, 6.45) is 6.83. The largest absolute Gasteiger partial charge is 0.0817 e. The van der Waals surface area contributed by atoms with Gasteiger partial charge in [-0.1, -0.05) is 58.4 Å². The van der Waals surface area contributed by atoms with Crippen molar-refractivity contribution in [3.63, 3.8) is 0 Å². The Morgan fingerprint density at radius 1 is 1.00 bits per heavy atom. The molecule has 0 spiro atoms. The summed E-state index contributed by atoms with van der Waals surface area (Å²) in [6, 6.07) is 0. The molecule has 0 N–H and O–H groups in total. The van der Waals surface area contributed by atoms with Crippen LogP contribution in [0.1, 0.15) is 41.5 Å². The van der Waals surface area contributed by atoms with Gasteiger partial charge in [0, 0.05) is 0 Å². The molecule has 0 radical (unpaired) electrons. The number of hydrogen-bond acceptors (Lipinski definition) is 0. The molecule has 0 heterocycles. The molecule has 0 aliphatic carbocycles. The van der Waals surface area contributed by atoms with Gasteiger partial charge in [-0.25, -0.2) is 0 Å². The van der Waals surface area contributed by atoms with Crippen molar-refractivity contribution in [1.29, 1.82) is 0 Å². The van der Waals surface area contributed by atoms with E-state index in [-0.39, 0.29) is 0 Å². The van der Waals surface area contributed by atoms with Gasteiger partial charge in [0.15, 0.2) is 0 Å². The van der Waals surface area contributed by atoms with E-state index in [9.17, 15) is 0 Å². The quantitative estimate of drug-likeness (QED) is 0.561. The molecule has 0 aromatic rings. The first kappa shape index (κ1) is 12.5. The van der Waals surface area contributed by atoms with Gasteiger partial charge in [-0.2, -0.15) is 0 Å². The Balaban J connectivity index is 4.16. The van der Waals surface area contributed by atoms with Crippen molar-refractivity contribution in [1.82, 2.24) is 0 Å². The van der Waals surface area contributed by atoms with Crippen LogP contribution < -0.4 is 0 Å². The Kier molecular flexibility index (Phi) is 5.77. The molecule has 0 rings (SSSR count). The van der Waals surface area contributed by atoms with Crippen molar-refractivity contribution in [3.05, 3.63) is 23.8 Å². The van der Waals surface area contributed by atoms with Crippen molar-refractivity contribution in [2.75, 3.05) is 0 Å². The molecule has 0 aliphatic heterocycles. The first-order chi connectivity index (χ1) is 5.93. The fraction of sp³-hybridized carbons (Fsp3) is 0.692. The molecular weight excluding hydrogens is 156 g/mol. The highest BCUT2D eigenvalue weighted by atomic mass is 14.1. The van der Waals surface area contributed by atoms with Crippen molar-refractivity contribution >= 4 is 0 Å². The first-order valence-corrected chi connectivity index (χ1v) is 5.30. The maximum absolute atomic E-state index is 2.35. The van der Waals surface area contributed by atoms with Crippen LogP contribution in [0.5, 0.6) is 0 Å². The third-order valence-electron chi connectivity index (χ3n) is 2.32. The minimum atomic E-state index is 0.651. The van der Waals surface area contributed by atoms with E-state index in [2.05, 4.69) is 59.8 Å². The van der Waals surface area contributed by atoms with Crippen LogP contribution in [0.15, 0.2) is 23.8 Å². The second-order valence-electron chi connectivity index (χ2n) is 4.62. The Bertz CT molecular complexity index is 182. The molecule has 0 saturated carbocycles. The van der Waals surface area contributed by atoms with Crippen LogP contribution in [-0.2, 0) is 0 Å². The molecule has 13 heavy (non-hydrogen) atoms. The molecular formula is C13H24. The lowest BCUT2D eigenvalue weighted by Crippen LogP contribution is -2.00. The van der Waals surface area contributed by atoms with Crippen molar-refractivity contribution in [2.45, 2.75) is 41.5 Å². The monoisotopic (exact) mass is 180 g/mol. The van der Waals surface area contributed by atoms with Gasteiger partial charge in [-0.3, -0.25) is 0 Å². The van der Waals surface area contributed by atoms with Gasteiger partial charge in [-0.15, -0.1) is 0 Å². The molecule has 0 aliphatic rings. The fourth-order valence-electron chi connectivity index (χ4n) is 1.01. The lowest BCUT2D eigenvalue weighted by Gasteiger charge is -2.10. The molecule has 0 saturated heterocycles. The van der Waals surface area contributed by atoms with Crippen LogP contribution in [0.4, 0.5) is 0 Å². The molecule has 1 atom stereocenters. The lowest BCUT2D eigenvalue weighted by atomic mass is 9.95. The van der Waals surface area contributed by atoms with Crippen LogP contribution in [0.3, 0.4) is 0 Å². The van der Waals surface area contributed by atoms with Crippen molar-refractivity contribution in [2.24, 2.45) is 17.8 Å². The minimum absolute atomic E-state index is 0.651. The first-order valence-electron chi connectivity index (χ1n) is 5.30. The van der Waals surface area contributed by atoms with Gasteiger partial charge in [0.2, 0.25) is 0 Å². The normalized spacial score (nSPS) is 16.2. The zero-order valence-corrected chi connectivity index (χ0v) is 9.96. The zero-order chi connectivity index (χ0) is 10.4. The van der Waals surface area contributed by atoms with Gasteiger partial charge in [-0.05, 0) is 24.7 Å². The molecule has 76 valence electrons. The topological polar surface area (TPSA) is 0 Å². The van der Waals surface area contributed by atoms with Crippen LogP contribution in [-0.4, -0.2) is 0 Å². The molecule has 0 amide bonds.